The van der Waals surface area contributed by atoms with Crippen LogP contribution in [0, 0.1) is 0 Å². The number of carbonyl (C=O) groups excluding carboxylic acids is 3. The lowest BCUT2D eigenvalue weighted by molar-refractivity contribution is -0.122. The van der Waals surface area contributed by atoms with E-state index in [2.05, 4.69) is 10.6 Å². The molecule has 1 aliphatic rings. The number of hydrogen-bond donors (Lipinski definition) is 2. The van der Waals surface area contributed by atoms with Crippen LogP contribution < -0.4 is 15.4 Å². The Morgan fingerprint density at radius 1 is 1.35 bits per heavy atom. The summed E-state index contributed by atoms with van der Waals surface area (Å²) in [6.07, 6.45) is -0.0323. The molecule has 1 aromatic rings. The summed E-state index contributed by atoms with van der Waals surface area (Å²) in [6, 6.07) is 6.94. The van der Waals surface area contributed by atoms with Gasteiger partial charge in [-0.1, -0.05) is 11.8 Å². The molecule has 2 rings (SSSR count). The molecule has 1 atom stereocenters. The second kappa shape index (κ2) is 6.42. The van der Waals surface area contributed by atoms with Gasteiger partial charge in [0.15, 0.2) is 0 Å². The molecule has 0 unspecified atom stereocenters. The molecule has 1 aromatic carbocycles. The number of amides is 3. The third kappa shape index (κ3) is 3.74. The van der Waals surface area contributed by atoms with Gasteiger partial charge in [0.1, 0.15) is 11.0 Å². The molecule has 7 heteroatoms. The van der Waals surface area contributed by atoms with E-state index in [4.69, 9.17) is 4.74 Å². The van der Waals surface area contributed by atoms with Gasteiger partial charge < -0.3 is 10.1 Å². The zero-order chi connectivity index (χ0) is 14.5. The van der Waals surface area contributed by atoms with E-state index < -0.39 is 16.4 Å². The van der Waals surface area contributed by atoms with Crippen LogP contribution in [-0.2, 0) is 9.59 Å². The first-order valence-corrected chi connectivity index (χ1v) is 7.00. The molecule has 6 nitrogen and oxygen atoms in total. The van der Waals surface area contributed by atoms with Gasteiger partial charge in [0.25, 0.3) is 5.24 Å². The predicted molar refractivity (Wildman–Crippen MR) is 75.8 cm³/mol. The molecule has 1 fully saturated rings. The van der Waals surface area contributed by atoms with Gasteiger partial charge in [-0.3, -0.25) is 19.7 Å². The lowest BCUT2D eigenvalue weighted by Gasteiger charge is -2.08. The molecule has 2 N–H and O–H groups in total. The highest BCUT2D eigenvalue weighted by atomic mass is 32.2. The van der Waals surface area contributed by atoms with E-state index in [0.29, 0.717) is 12.3 Å². The number of anilines is 1. The lowest BCUT2D eigenvalue weighted by atomic mass is 10.2. The molecular weight excluding hydrogens is 280 g/mol. The minimum Gasteiger partial charge on any atom is -0.494 e. The minimum absolute atomic E-state index is 0.0323. The number of nitrogens with one attached hydrogen (secondary N) is 2. The van der Waals surface area contributed by atoms with Gasteiger partial charge in [-0.05, 0) is 31.2 Å². The van der Waals surface area contributed by atoms with Crippen molar-refractivity contribution in [1.82, 2.24) is 5.32 Å². The third-order valence-corrected chi connectivity index (χ3v) is 3.57. The largest absolute Gasteiger partial charge is 0.494 e. The number of imide groups is 1. The molecular formula is C13H14N2O4S. The average Bonchev–Trinajstić information content (AvgIpc) is 2.70. The Bertz CT molecular complexity index is 530. The minimum atomic E-state index is -0.648. The van der Waals surface area contributed by atoms with E-state index in [1.54, 1.807) is 24.3 Å². The van der Waals surface area contributed by atoms with Crippen LogP contribution in [0.2, 0.25) is 0 Å². The van der Waals surface area contributed by atoms with E-state index in [-0.39, 0.29) is 12.3 Å². The van der Waals surface area contributed by atoms with E-state index in [1.165, 1.54) is 0 Å². The van der Waals surface area contributed by atoms with Crippen molar-refractivity contribution in [3.63, 3.8) is 0 Å². The fraction of sp³-hybridized carbons (Fsp3) is 0.308. The Morgan fingerprint density at radius 2 is 2.05 bits per heavy atom. The molecule has 0 aliphatic carbocycles. The van der Waals surface area contributed by atoms with Gasteiger partial charge in [-0.15, -0.1) is 0 Å². The van der Waals surface area contributed by atoms with Crippen LogP contribution in [-0.4, -0.2) is 28.9 Å². The van der Waals surface area contributed by atoms with Crippen LogP contribution >= 0.6 is 11.8 Å². The van der Waals surface area contributed by atoms with Crippen LogP contribution in [0.15, 0.2) is 24.3 Å². The number of thioether (sulfide) groups is 1. The average molecular weight is 294 g/mol. The van der Waals surface area contributed by atoms with Crippen molar-refractivity contribution in [2.24, 2.45) is 0 Å². The fourth-order valence-corrected chi connectivity index (χ4v) is 2.53. The summed E-state index contributed by atoms with van der Waals surface area (Å²) < 4.78 is 5.29. The summed E-state index contributed by atoms with van der Waals surface area (Å²) in [4.78, 5) is 34.1. The second-order valence-electron chi connectivity index (χ2n) is 4.09. The van der Waals surface area contributed by atoms with Crippen molar-refractivity contribution in [3.8, 4) is 5.75 Å². The lowest BCUT2D eigenvalue weighted by Crippen LogP contribution is -2.27. The first kappa shape index (κ1) is 14.4. The fourth-order valence-electron chi connectivity index (χ4n) is 1.71. The third-order valence-electron chi connectivity index (χ3n) is 2.59. The molecule has 1 heterocycles. The molecule has 0 radical (unpaired) electrons. The van der Waals surface area contributed by atoms with Gasteiger partial charge in [0, 0.05) is 12.1 Å². The maximum absolute atomic E-state index is 11.8. The highest BCUT2D eigenvalue weighted by Gasteiger charge is 2.33. The Balaban J connectivity index is 1.88. The van der Waals surface area contributed by atoms with Crippen molar-refractivity contribution < 1.29 is 19.1 Å². The Labute approximate surface area is 120 Å². The van der Waals surface area contributed by atoms with Crippen LogP contribution in [0.5, 0.6) is 5.75 Å². The highest BCUT2D eigenvalue weighted by Crippen LogP contribution is 2.22. The van der Waals surface area contributed by atoms with Crippen LogP contribution in [0.4, 0.5) is 10.5 Å². The second-order valence-corrected chi connectivity index (χ2v) is 5.27. The maximum atomic E-state index is 11.8. The summed E-state index contributed by atoms with van der Waals surface area (Å²) in [5, 5.41) is 3.76. The number of benzene rings is 1. The number of rotatable bonds is 5. The van der Waals surface area contributed by atoms with Gasteiger partial charge >= 0.3 is 0 Å². The molecule has 0 bridgehead atoms. The summed E-state index contributed by atoms with van der Waals surface area (Å²) >= 11 is 0.841. The normalized spacial score (nSPS) is 17.8. The monoisotopic (exact) mass is 294 g/mol. The van der Waals surface area contributed by atoms with Crippen LogP contribution in [0.1, 0.15) is 13.3 Å². The highest BCUT2D eigenvalue weighted by molar-refractivity contribution is 8.15. The Kier molecular flexibility index (Phi) is 4.62. The van der Waals surface area contributed by atoms with Crippen LogP contribution in [0.3, 0.4) is 0 Å². The maximum Gasteiger partial charge on any atom is 0.286 e. The molecule has 1 saturated heterocycles. The molecule has 1 aliphatic heterocycles. The zero-order valence-corrected chi connectivity index (χ0v) is 11.7. The van der Waals surface area contributed by atoms with Crippen molar-refractivity contribution in [2.75, 3.05) is 11.9 Å². The van der Waals surface area contributed by atoms with E-state index >= 15 is 0 Å². The predicted octanol–water partition coefficient (Wildman–Crippen LogP) is 1.77. The summed E-state index contributed by atoms with van der Waals surface area (Å²) in [7, 11) is 0. The SMILES string of the molecule is CCOc1ccc(NC(=O)C[C@@H]2SC(=O)NC2=O)cc1. The van der Waals surface area contributed by atoms with Gasteiger partial charge in [0.2, 0.25) is 11.8 Å². The smallest absolute Gasteiger partial charge is 0.286 e. The molecule has 0 saturated carbocycles. The van der Waals surface area contributed by atoms with E-state index in [0.717, 1.165) is 17.5 Å². The summed E-state index contributed by atoms with van der Waals surface area (Å²) in [5.74, 6) is 0.000163. The Morgan fingerprint density at radius 3 is 2.60 bits per heavy atom. The molecule has 106 valence electrons. The summed E-state index contributed by atoms with van der Waals surface area (Å²) in [6.45, 7) is 2.47. The van der Waals surface area contributed by atoms with Crippen molar-refractivity contribution in [2.45, 2.75) is 18.6 Å². The van der Waals surface area contributed by atoms with Crippen molar-refractivity contribution in [3.05, 3.63) is 24.3 Å². The number of ether oxygens (including phenoxy) is 1. The zero-order valence-electron chi connectivity index (χ0n) is 10.8. The molecule has 0 spiro atoms. The van der Waals surface area contributed by atoms with Crippen molar-refractivity contribution >= 4 is 34.5 Å². The first-order valence-electron chi connectivity index (χ1n) is 6.12. The summed E-state index contributed by atoms with van der Waals surface area (Å²) in [5.41, 5.74) is 0.619. The standard InChI is InChI=1S/C13H14N2O4S/c1-2-19-9-5-3-8(4-6-9)14-11(16)7-10-12(17)15-13(18)20-10/h3-6,10H,2,7H2,1H3,(H,14,16)(H,15,17,18)/t10-/m0/s1. The van der Waals surface area contributed by atoms with Gasteiger partial charge in [-0.2, -0.15) is 0 Å². The van der Waals surface area contributed by atoms with Gasteiger partial charge in [-0.25, -0.2) is 0 Å². The Hall–Kier alpha value is -2.02. The van der Waals surface area contributed by atoms with Crippen LogP contribution in [0.25, 0.3) is 0 Å². The quantitative estimate of drug-likeness (QED) is 0.864. The number of hydrogen-bond acceptors (Lipinski definition) is 5. The topological polar surface area (TPSA) is 84.5 Å². The number of carbonyl (C=O) groups is 3. The molecule has 3 amide bonds. The first-order chi connectivity index (χ1) is 9.58. The van der Waals surface area contributed by atoms with E-state index in [1.807, 2.05) is 6.92 Å². The molecule has 20 heavy (non-hydrogen) atoms. The van der Waals surface area contributed by atoms with Gasteiger partial charge in [0.05, 0.1) is 6.61 Å². The van der Waals surface area contributed by atoms with Crippen molar-refractivity contribution in [1.29, 1.82) is 0 Å². The van der Waals surface area contributed by atoms with E-state index in [9.17, 15) is 14.4 Å². The molecule has 0 aromatic heterocycles.